The molecule has 2 N–H and O–H groups in total. The number of fused-ring (bicyclic) bond motifs is 2. The second-order valence-corrected chi connectivity index (χ2v) is 10.2. The summed E-state index contributed by atoms with van der Waals surface area (Å²) in [5, 5.41) is 0.793. The Labute approximate surface area is 207 Å². The Morgan fingerprint density at radius 3 is 2.45 bits per heavy atom. The first kappa shape index (κ1) is 24.4. The molecule has 0 unspecified atom stereocenters. The lowest BCUT2D eigenvalue weighted by atomic mass is 10.2. The fraction of sp³-hybridized carbons (Fsp3) is 0.462. The molecule has 33 heavy (non-hydrogen) atoms. The van der Waals surface area contributed by atoms with Crippen molar-refractivity contribution in [2.75, 3.05) is 63.9 Å². The number of benzene rings is 2. The third-order valence-corrected chi connectivity index (χ3v) is 7.65. The number of allylic oxidation sites excluding steroid dienone is 1. The molecule has 1 saturated heterocycles. The molecule has 2 aromatic carbocycles. The highest BCUT2D eigenvalue weighted by molar-refractivity contribution is 7.99. The maximum Gasteiger partial charge on any atom is 0.100 e. The average molecular weight is 487 g/mol. The van der Waals surface area contributed by atoms with Crippen LogP contribution in [0.4, 0.5) is 11.4 Å². The van der Waals surface area contributed by atoms with Crippen molar-refractivity contribution >= 4 is 34.7 Å². The minimum absolute atomic E-state index is 0.688. The van der Waals surface area contributed by atoms with E-state index < -0.39 is 0 Å². The number of ether oxygens (including phenoxy) is 1. The molecule has 0 spiro atoms. The summed E-state index contributed by atoms with van der Waals surface area (Å²) < 4.78 is 5.75. The predicted octanol–water partition coefficient (Wildman–Crippen LogP) is 5.22. The number of hydrogen-bond donors (Lipinski definition) is 1. The summed E-state index contributed by atoms with van der Waals surface area (Å²) in [5.74, 6) is 0.861. The zero-order valence-electron chi connectivity index (χ0n) is 19.3. The van der Waals surface area contributed by atoms with Crippen LogP contribution in [0.3, 0.4) is 0 Å². The molecule has 0 saturated carbocycles. The quantitative estimate of drug-likeness (QED) is 0.439. The Kier molecular flexibility index (Phi) is 8.98. The molecule has 0 atom stereocenters. The Morgan fingerprint density at radius 2 is 1.67 bits per heavy atom. The van der Waals surface area contributed by atoms with Gasteiger partial charge < -0.3 is 20.3 Å². The zero-order valence-corrected chi connectivity index (χ0v) is 20.9. The Hall–Kier alpha value is -1.70. The van der Waals surface area contributed by atoms with E-state index in [1.54, 1.807) is 0 Å². The molecule has 4 rings (SSSR count). The molecule has 0 amide bonds. The fourth-order valence-corrected chi connectivity index (χ4v) is 5.67. The van der Waals surface area contributed by atoms with Crippen LogP contribution >= 0.6 is 23.4 Å². The third-order valence-electron chi connectivity index (χ3n) is 6.28. The molecule has 1 fully saturated rings. The van der Waals surface area contributed by atoms with Crippen molar-refractivity contribution in [1.82, 2.24) is 9.80 Å². The molecule has 2 aliphatic heterocycles. The molecule has 0 radical (unpaired) electrons. The van der Waals surface area contributed by atoms with E-state index >= 15 is 0 Å². The van der Waals surface area contributed by atoms with E-state index in [4.69, 9.17) is 22.1 Å². The first-order valence-corrected chi connectivity index (χ1v) is 13.1. The van der Waals surface area contributed by atoms with Crippen molar-refractivity contribution in [2.45, 2.75) is 29.1 Å². The fourth-order valence-electron chi connectivity index (χ4n) is 4.42. The van der Waals surface area contributed by atoms with Crippen LogP contribution in [0.15, 0.2) is 64.6 Å². The second kappa shape index (κ2) is 12.1. The van der Waals surface area contributed by atoms with Gasteiger partial charge in [0.1, 0.15) is 6.61 Å². The molecule has 7 heteroatoms. The van der Waals surface area contributed by atoms with Gasteiger partial charge in [0.2, 0.25) is 0 Å². The summed E-state index contributed by atoms with van der Waals surface area (Å²) >= 11 is 8.18. The van der Waals surface area contributed by atoms with Gasteiger partial charge in [-0.3, -0.25) is 4.90 Å². The van der Waals surface area contributed by atoms with Crippen LogP contribution in [0.5, 0.6) is 0 Å². The van der Waals surface area contributed by atoms with Gasteiger partial charge >= 0.3 is 0 Å². The molecule has 0 aliphatic carbocycles. The number of halogens is 1. The van der Waals surface area contributed by atoms with Gasteiger partial charge in [0.05, 0.1) is 17.1 Å². The van der Waals surface area contributed by atoms with E-state index in [1.807, 2.05) is 17.8 Å². The molecule has 2 aliphatic rings. The van der Waals surface area contributed by atoms with Crippen LogP contribution in [0.1, 0.15) is 19.3 Å². The Morgan fingerprint density at radius 1 is 0.939 bits per heavy atom. The van der Waals surface area contributed by atoms with Crippen molar-refractivity contribution in [3.8, 4) is 0 Å². The van der Waals surface area contributed by atoms with E-state index in [9.17, 15) is 0 Å². The lowest BCUT2D eigenvalue weighted by Crippen LogP contribution is -2.47. The van der Waals surface area contributed by atoms with Crippen LogP contribution in [-0.4, -0.2) is 68.8 Å². The van der Waals surface area contributed by atoms with Crippen LogP contribution in [0, 0.1) is 0 Å². The first-order valence-electron chi connectivity index (χ1n) is 11.9. The van der Waals surface area contributed by atoms with Gasteiger partial charge in [-0.25, -0.2) is 0 Å². The average Bonchev–Trinajstić information content (AvgIpc) is 2.83. The van der Waals surface area contributed by atoms with Crippen molar-refractivity contribution in [3.05, 3.63) is 59.8 Å². The van der Waals surface area contributed by atoms with Crippen molar-refractivity contribution in [2.24, 2.45) is 5.73 Å². The maximum atomic E-state index is 6.35. The SMILES string of the molecule is C=C(CCCN)OCCN1CCN(CCCN2c3ccccc3Sc3ccc(Cl)cc32)CC1. The number of nitrogens with two attached hydrogens (primary N) is 1. The number of nitrogens with zero attached hydrogens (tertiary/aromatic N) is 3. The summed E-state index contributed by atoms with van der Waals surface area (Å²) in [6.45, 7) is 12.9. The van der Waals surface area contributed by atoms with Gasteiger partial charge in [0.15, 0.2) is 0 Å². The highest BCUT2D eigenvalue weighted by Crippen LogP contribution is 2.48. The Bertz CT molecular complexity index is 932. The number of anilines is 2. The summed E-state index contributed by atoms with van der Waals surface area (Å²) in [7, 11) is 0. The standard InChI is InChI=1S/C26H35ClN4OS/c1-21(6-4-11-28)32-19-18-30-16-14-29(15-17-30)12-5-13-31-23-7-2-3-8-25(23)33-26-10-9-22(27)20-24(26)31/h2-3,7-10,20H,1,4-6,11-19,28H2. The molecular weight excluding hydrogens is 452 g/mol. The van der Waals surface area contributed by atoms with Crippen LogP contribution in [0.2, 0.25) is 5.02 Å². The van der Waals surface area contributed by atoms with Crippen LogP contribution in [0.25, 0.3) is 0 Å². The summed E-state index contributed by atoms with van der Waals surface area (Å²) in [4.78, 5) is 10.1. The highest BCUT2D eigenvalue weighted by Gasteiger charge is 2.24. The van der Waals surface area contributed by atoms with Crippen LogP contribution < -0.4 is 10.6 Å². The largest absolute Gasteiger partial charge is 0.497 e. The topological polar surface area (TPSA) is 45.0 Å². The van der Waals surface area contributed by atoms with E-state index in [0.29, 0.717) is 6.54 Å². The molecular formula is C26H35ClN4OS. The molecule has 2 heterocycles. The zero-order chi connectivity index (χ0) is 23.0. The molecule has 5 nitrogen and oxygen atoms in total. The van der Waals surface area contributed by atoms with Gasteiger partial charge in [0, 0.05) is 60.5 Å². The second-order valence-electron chi connectivity index (χ2n) is 8.65. The third kappa shape index (κ3) is 6.67. The van der Waals surface area contributed by atoms with Crippen molar-refractivity contribution in [3.63, 3.8) is 0 Å². The lowest BCUT2D eigenvalue weighted by Gasteiger charge is -2.36. The van der Waals surface area contributed by atoms with Crippen molar-refractivity contribution < 1.29 is 4.74 Å². The first-order chi connectivity index (χ1) is 16.1. The van der Waals surface area contributed by atoms with Gasteiger partial charge in [-0.15, -0.1) is 0 Å². The number of hydrogen-bond acceptors (Lipinski definition) is 6. The lowest BCUT2D eigenvalue weighted by molar-refractivity contribution is 0.0989. The smallest absolute Gasteiger partial charge is 0.100 e. The van der Waals surface area contributed by atoms with E-state index in [0.717, 1.165) is 82.5 Å². The summed E-state index contributed by atoms with van der Waals surface area (Å²) in [6.07, 6.45) is 2.92. The predicted molar refractivity (Wildman–Crippen MR) is 140 cm³/mol. The van der Waals surface area contributed by atoms with E-state index in [2.05, 4.69) is 57.7 Å². The Balaban J connectivity index is 1.22. The number of para-hydroxylation sites is 1. The normalized spacial score (nSPS) is 16.4. The summed E-state index contributed by atoms with van der Waals surface area (Å²) in [6, 6.07) is 14.9. The molecule has 0 bridgehead atoms. The van der Waals surface area contributed by atoms with E-state index in [-0.39, 0.29) is 0 Å². The molecule has 178 valence electrons. The maximum absolute atomic E-state index is 6.35. The van der Waals surface area contributed by atoms with Crippen LogP contribution in [-0.2, 0) is 4.74 Å². The number of rotatable bonds is 11. The van der Waals surface area contributed by atoms with E-state index in [1.165, 1.54) is 21.2 Å². The van der Waals surface area contributed by atoms with Gasteiger partial charge in [-0.05, 0) is 56.3 Å². The molecule has 2 aromatic rings. The minimum atomic E-state index is 0.688. The van der Waals surface area contributed by atoms with Gasteiger partial charge in [0.25, 0.3) is 0 Å². The van der Waals surface area contributed by atoms with Crippen molar-refractivity contribution in [1.29, 1.82) is 0 Å². The van der Waals surface area contributed by atoms with Gasteiger partial charge in [-0.2, -0.15) is 0 Å². The summed E-state index contributed by atoms with van der Waals surface area (Å²) in [5.41, 5.74) is 8.06. The number of piperazine rings is 1. The molecule has 0 aromatic heterocycles. The highest BCUT2D eigenvalue weighted by atomic mass is 35.5. The monoisotopic (exact) mass is 486 g/mol. The van der Waals surface area contributed by atoms with Gasteiger partial charge in [-0.1, -0.05) is 42.1 Å². The minimum Gasteiger partial charge on any atom is -0.497 e.